The molecule has 0 N–H and O–H groups in total. The number of hydrogen-bond acceptors (Lipinski definition) is 4. The van der Waals surface area contributed by atoms with E-state index in [4.69, 9.17) is 11.6 Å². The van der Waals surface area contributed by atoms with Gasteiger partial charge in [-0.3, -0.25) is 0 Å². The van der Waals surface area contributed by atoms with Crippen molar-refractivity contribution in [3.8, 4) is 22.0 Å². The summed E-state index contributed by atoms with van der Waals surface area (Å²) < 4.78 is 1.74. The molecule has 4 nitrogen and oxygen atoms in total. The van der Waals surface area contributed by atoms with Crippen LogP contribution < -0.4 is 0 Å². The van der Waals surface area contributed by atoms with Gasteiger partial charge < -0.3 is 0 Å². The first-order valence-corrected chi connectivity index (χ1v) is 7.55. The van der Waals surface area contributed by atoms with E-state index in [-0.39, 0.29) is 0 Å². The molecule has 102 valence electrons. The fraction of sp³-hybridized carbons (Fsp3) is 0. The van der Waals surface area contributed by atoms with Crippen molar-refractivity contribution >= 4 is 27.9 Å². The molecule has 0 saturated carbocycles. The minimum atomic E-state index is 0.640. The summed E-state index contributed by atoms with van der Waals surface area (Å²) in [6.45, 7) is 0. The normalized spacial score (nSPS) is 11.1. The Kier molecular flexibility index (Phi) is 2.94. The molecule has 0 amide bonds. The number of aromatic nitrogens is 4. The molecule has 0 spiro atoms. The number of benzene rings is 2. The zero-order valence-electron chi connectivity index (χ0n) is 10.8. The number of nitrogens with zero attached hydrogens (tertiary/aromatic N) is 4. The van der Waals surface area contributed by atoms with Crippen molar-refractivity contribution in [3.63, 3.8) is 0 Å². The van der Waals surface area contributed by atoms with Gasteiger partial charge in [-0.15, -0.1) is 10.2 Å². The Bertz CT molecular complexity index is 914. The Morgan fingerprint density at radius 3 is 2.48 bits per heavy atom. The summed E-state index contributed by atoms with van der Waals surface area (Å²) in [5, 5.41) is 14.6. The van der Waals surface area contributed by atoms with Crippen molar-refractivity contribution in [1.29, 1.82) is 0 Å². The Morgan fingerprint density at radius 1 is 0.905 bits per heavy atom. The van der Waals surface area contributed by atoms with Crippen LogP contribution >= 0.6 is 22.9 Å². The van der Waals surface area contributed by atoms with Gasteiger partial charge >= 0.3 is 0 Å². The second-order valence-electron chi connectivity index (χ2n) is 4.47. The van der Waals surface area contributed by atoms with E-state index in [1.807, 2.05) is 54.6 Å². The van der Waals surface area contributed by atoms with Crippen LogP contribution in [0.2, 0.25) is 5.02 Å². The van der Waals surface area contributed by atoms with E-state index >= 15 is 0 Å². The zero-order valence-corrected chi connectivity index (χ0v) is 12.3. The van der Waals surface area contributed by atoms with Gasteiger partial charge in [-0.05, 0) is 12.1 Å². The summed E-state index contributed by atoms with van der Waals surface area (Å²) in [5.74, 6) is 0.661. The van der Waals surface area contributed by atoms with Gasteiger partial charge in [0.15, 0.2) is 5.82 Å². The van der Waals surface area contributed by atoms with Crippen LogP contribution in [-0.2, 0) is 0 Å². The Labute approximate surface area is 129 Å². The van der Waals surface area contributed by atoms with Crippen LogP contribution in [0.1, 0.15) is 0 Å². The van der Waals surface area contributed by atoms with Crippen LogP contribution in [0.3, 0.4) is 0 Å². The number of hydrogen-bond donors (Lipinski definition) is 0. The first-order valence-electron chi connectivity index (χ1n) is 6.35. The molecule has 4 rings (SSSR count). The third kappa shape index (κ3) is 2.11. The molecule has 2 heterocycles. The molecule has 21 heavy (non-hydrogen) atoms. The van der Waals surface area contributed by atoms with Crippen molar-refractivity contribution in [2.75, 3.05) is 0 Å². The fourth-order valence-corrected chi connectivity index (χ4v) is 3.19. The lowest BCUT2D eigenvalue weighted by atomic mass is 10.2. The van der Waals surface area contributed by atoms with Gasteiger partial charge in [0, 0.05) is 11.1 Å². The maximum Gasteiger partial charge on any atom is 0.235 e. The maximum atomic E-state index is 6.23. The summed E-state index contributed by atoms with van der Waals surface area (Å²) in [4.78, 5) is 0.753. The van der Waals surface area contributed by atoms with Gasteiger partial charge in [-0.1, -0.05) is 65.4 Å². The second kappa shape index (κ2) is 4.95. The molecule has 0 aliphatic rings. The summed E-state index contributed by atoms with van der Waals surface area (Å²) >= 11 is 7.74. The predicted molar refractivity (Wildman–Crippen MR) is 84.5 cm³/mol. The average molecular weight is 313 g/mol. The summed E-state index contributed by atoms with van der Waals surface area (Å²) in [5.41, 5.74) is 1.90. The van der Waals surface area contributed by atoms with Gasteiger partial charge in [-0.2, -0.15) is 9.61 Å². The lowest BCUT2D eigenvalue weighted by molar-refractivity contribution is 0.971. The standard InChI is InChI=1S/C15H9ClN4S/c16-12-9-5-4-8-11(12)13-17-18-15-20(13)19-14(21-15)10-6-2-1-3-7-10/h1-9H. The molecule has 0 radical (unpaired) electrons. The smallest absolute Gasteiger partial charge is 0.182 e. The van der Waals surface area contributed by atoms with Gasteiger partial charge in [0.05, 0.1) is 5.02 Å². The van der Waals surface area contributed by atoms with E-state index in [0.29, 0.717) is 10.8 Å². The first-order chi connectivity index (χ1) is 10.3. The van der Waals surface area contributed by atoms with E-state index in [1.54, 1.807) is 4.52 Å². The van der Waals surface area contributed by atoms with Crippen molar-refractivity contribution in [2.45, 2.75) is 0 Å². The Balaban J connectivity index is 1.90. The van der Waals surface area contributed by atoms with Crippen molar-refractivity contribution in [2.24, 2.45) is 0 Å². The molecule has 0 saturated heterocycles. The number of rotatable bonds is 2. The van der Waals surface area contributed by atoms with E-state index in [9.17, 15) is 0 Å². The first kappa shape index (κ1) is 12.5. The predicted octanol–water partition coefficient (Wildman–Crippen LogP) is 4.17. The highest BCUT2D eigenvalue weighted by Gasteiger charge is 2.15. The van der Waals surface area contributed by atoms with Crippen LogP contribution in [0.25, 0.3) is 26.9 Å². The fourth-order valence-electron chi connectivity index (χ4n) is 2.12. The van der Waals surface area contributed by atoms with Gasteiger partial charge in [0.2, 0.25) is 4.96 Å². The summed E-state index contributed by atoms with van der Waals surface area (Å²) in [6.07, 6.45) is 0. The minimum Gasteiger partial charge on any atom is -0.182 e. The Hall–Kier alpha value is -2.24. The molecule has 0 atom stereocenters. The molecule has 2 aromatic carbocycles. The molecule has 0 fully saturated rings. The minimum absolute atomic E-state index is 0.640. The monoisotopic (exact) mass is 312 g/mol. The van der Waals surface area contributed by atoms with Crippen LogP contribution in [-0.4, -0.2) is 19.8 Å². The average Bonchev–Trinajstić information content (AvgIpc) is 3.09. The highest BCUT2D eigenvalue weighted by Crippen LogP contribution is 2.30. The zero-order chi connectivity index (χ0) is 14.2. The van der Waals surface area contributed by atoms with E-state index in [1.165, 1.54) is 11.3 Å². The van der Waals surface area contributed by atoms with Gasteiger partial charge in [-0.25, -0.2) is 0 Å². The van der Waals surface area contributed by atoms with Crippen molar-refractivity contribution in [1.82, 2.24) is 19.8 Å². The molecular formula is C15H9ClN4S. The molecule has 6 heteroatoms. The lowest BCUT2D eigenvalue weighted by Gasteiger charge is -1.99. The molecule has 4 aromatic rings. The van der Waals surface area contributed by atoms with Crippen LogP contribution in [0.15, 0.2) is 54.6 Å². The largest absolute Gasteiger partial charge is 0.235 e. The van der Waals surface area contributed by atoms with Crippen molar-refractivity contribution < 1.29 is 0 Å². The molecule has 0 aliphatic heterocycles. The molecule has 0 unspecified atom stereocenters. The topological polar surface area (TPSA) is 43.1 Å². The van der Waals surface area contributed by atoms with Crippen LogP contribution in [0, 0.1) is 0 Å². The van der Waals surface area contributed by atoms with Gasteiger partial charge in [0.1, 0.15) is 5.01 Å². The number of halogens is 1. The summed E-state index contributed by atoms with van der Waals surface area (Å²) in [6, 6.07) is 17.6. The van der Waals surface area contributed by atoms with Crippen LogP contribution in [0.5, 0.6) is 0 Å². The molecular weight excluding hydrogens is 304 g/mol. The van der Waals surface area contributed by atoms with Gasteiger partial charge in [0.25, 0.3) is 0 Å². The maximum absolute atomic E-state index is 6.23. The highest BCUT2D eigenvalue weighted by molar-refractivity contribution is 7.19. The molecule has 0 aliphatic carbocycles. The Morgan fingerprint density at radius 2 is 1.67 bits per heavy atom. The number of fused-ring (bicyclic) bond motifs is 1. The van der Waals surface area contributed by atoms with Crippen molar-refractivity contribution in [3.05, 3.63) is 59.6 Å². The van der Waals surface area contributed by atoms with E-state index in [2.05, 4.69) is 15.3 Å². The van der Waals surface area contributed by atoms with E-state index < -0.39 is 0 Å². The molecule has 2 aromatic heterocycles. The SMILES string of the molecule is Clc1ccccc1-c1nnc2sc(-c3ccccc3)nn12. The lowest BCUT2D eigenvalue weighted by Crippen LogP contribution is -1.91. The summed E-state index contributed by atoms with van der Waals surface area (Å²) in [7, 11) is 0. The van der Waals surface area contributed by atoms with Crippen LogP contribution in [0.4, 0.5) is 0 Å². The molecule has 0 bridgehead atoms. The quantitative estimate of drug-likeness (QED) is 0.558. The third-order valence-electron chi connectivity index (χ3n) is 3.13. The third-order valence-corrected chi connectivity index (χ3v) is 4.40. The second-order valence-corrected chi connectivity index (χ2v) is 5.83. The van der Waals surface area contributed by atoms with E-state index in [0.717, 1.165) is 21.1 Å². The highest BCUT2D eigenvalue weighted by atomic mass is 35.5.